The molecule has 112 valence electrons. The van der Waals surface area contributed by atoms with E-state index in [0.717, 1.165) is 16.5 Å². The highest BCUT2D eigenvalue weighted by atomic mass is 79.9. The van der Waals surface area contributed by atoms with E-state index in [1.807, 2.05) is 32.0 Å². The second-order valence-electron chi connectivity index (χ2n) is 6.63. The van der Waals surface area contributed by atoms with E-state index >= 15 is 0 Å². The molecule has 1 aromatic carbocycles. The Morgan fingerprint density at radius 2 is 2.00 bits per heavy atom. The van der Waals surface area contributed by atoms with Crippen molar-refractivity contribution in [3.05, 3.63) is 28.2 Å². The summed E-state index contributed by atoms with van der Waals surface area (Å²) in [5.41, 5.74) is 0.265. The molecule has 1 aromatic rings. The maximum absolute atomic E-state index is 9.88. The summed E-state index contributed by atoms with van der Waals surface area (Å²) in [6, 6.07) is 5.70. The summed E-state index contributed by atoms with van der Waals surface area (Å²) in [6.45, 7) is 10.00. The van der Waals surface area contributed by atoms with E-state index in [4.69, 9.17) is 9.47 Å². The van der Waals surface area contributed by atoms with Gasteiger partial charge in [-0.25, -0.2) is 0 Å². The Morgan fingerprint density at radius 3 is 2.50 bits per heavy atom. The number of rotatable bonds is 3. The van der Waals surface area contributed by atoms with Gasteiger partial charge in [0, 0.05) is 16.5 Å². The van der Waals surface area contributed by atoms with Crippen LogP contribution in [0.15, 0.2) is 22.7 Å². The third-order valence-corrected chi connectivity index (χ3v) is 4.18. The molecule has 1 heterocycles. The molecule has 0 aromatic heterocycles. The first-order chi connectivity index (χ1) is 9.11. The van der Waals surface area contributed by atoms with Crippen molar-refractivity contribution in [1.29, 1.82) is 0 Å². The third kappa shape index (κ3) is 3.35. The van der Waals surface area contributed by atoms with E-state index in [9.17, 15) is 5.11 Å². The minimum absolute atomic E-state index is 0.0377. The van der Waals surface area contributed by atoms with E-state index in [2.05, 4.69) is 29.8 Å². The van der Waals surface area contributed by atoms with Crippen LogP contribution in [0.4, 0.5) is 0 Å². The van der Waals surface area contributed by atoms with Gasteiger partial charge >= 0.3 is 0 Å². The van der Waals surface area contributed by atoms with Crippen LogP contribution in [0.5, 0.6) is 5.75 Å². The maximum Gasteiger partial charge on any atom is 0.130 e. The topological polar surface area (TPSA) is 38.7 Å². The predicted molar refractivity (Wildman–Crippen MR) is 83.1 cm³/mol. The number of benzene rings is 1. The number of halogens is 1. The average Bonchev–Trinajstić information content (AvgIpc) is 2.46. The van der Waals surface area contributed by atoms with Crippen LogP contribution < -0.4 is 4.74 Å². The number of hydrogen-bond donors (Lipinski definition) is 1. The van der Waals surface area contributed by atoms with Crippen LogP contribution in [0.25, 0.3) is 0 Å². The Morgan fingerprint density at radius 1 is 1.35 bits per heavy atom. The molecule has 1 N–H and O–H groups in total. The zero-order valence-electron chi connectivity index (χ0n) is 12.7. The van der Waals surface area contributed by atoms with Gasteiger partial charge in [-0.3, -0.25) is 0 Å². The first-order valence-electron chi connectivity index (χ1n) is 6.95. The Labute approximate surface area is 129 Å². The van der Waals surface area contributed by atoms with Crippen molar-refractivity contribution < 1.29 is 14.6 Å². The molecule has 0 amide bonds. The lowest BCUT2D eigenvalue weighted by Gasteiger charge is -2.28. The van der Waals surface area contributed by atoms with E-state index in [1.165, 1.54) is 0 Å². The molecule has 4 heteroatoms. The quantitative estimate of drug-likeness (QED) is 0.893. The first-order valence-corrected chi connectivity index (χ1v) is 7.74. The monoisotopic (exact) mass is 342 g/mol. The minimum atomic E-state index is -0.559. The number of aliphatic hydroxyl groups excluding tert-OH is 1. The minimum Gasteiger partial charge on any atom is -0.487 e. The van der Waals surface area contributed by atoms with Crippen LogP contribution in [0.3, 0.4) is 0 Å². The van der Waals surface area contributed by atoms with Crippen molar-refractivity contribution in [2.24, 2.45) is 0 Å². The second kappa shape index (κ2) is 5.32. The summed E-state index contributed by atoms with van der Waals surface area (Å²) in [6.07, 6.45) is 0.229. The van der Waals surface area contributed by atoms with Gasteiger partial charge in [-0.15, -0.1) is 0 Å². The molecule has 1 fully saturated rings. The molecule has 1 saturated heterocycles. The van der Waals surface area contributed by atoms with Crippen LogP contribution in [0.1, 0.15) is 52.7 Å². The van der Waals surface area contributed by atoms with E-state index in [1.54, 1.807) is 6.92 Å². The molecule has 2 rings (SSSR count). The molecular formula is C16H23BrO3. The van der Waals surface area contributed by atoms with Gasteiger partial charge in [0.2, 0.25) is 0 Å². The van der Waals surface area contributed by atoms with Crippen LogP contribution in [0.2, 0.25) is 0 Å². The maximum atomic E-state index is 9.88. The summed E-state index contributed by atoms with van der Waals surface area (Å²) in [5, 5.41) is 9.88. The van der Waals surface area contributed by atoms with Crippen LogP contribution in [0, 0.1) is 0 Å². The standard InChI is InChI=1S/C16H23BrO3/c1-10(18)12-7-6-11(17)8-13(12)19-14-9-15(2,3)20-16(14,4)5/h6-8,10,14,18H,9H2,1-5H3/t10-,14?/m1/s1. The highest BCUT2D eigenvalue weighted by Crippen LogP contribution is 2.41. The Bertz CT molecular complexity index is 494. The highest BCUT2D eigenvalue weighted by Gasteiger charge is 2.47. The fraction of sp³-hybridized carbons (Fsp3) is 0.625. The second-order valence-corrected chi connectivity index (χ2v) is 7.55. The lowest BCUT2D eigenvalue weighted by Crippen LogP contribution is -2.37. The summed E-state index contributed by atoms with van der Waals surface area (Å²) in [5.74, 6) is 0.716. The summed E-state index contributed by atoms with van der Waals surface area (Å²) in [4.78, 5) is 0. The molecule has 1 aliphatic heterocycles. The molecule has 0 spiro atoms. The van der Waals surface area contributed by atoms with Crippen molar-refractivity contribution in [2.45, 2.75) is 64.4 Å². The molecule has 0 bridgehead atoms. The van der Waals surface area contributed by atoms with Gasteiger partial charge < -0.3 is 14.6 Å². The van der Waals surface area contributed by atoms with Crippen LogP contribution >= 0.6 is 15.9 Å². The van der Waals surface area contributed by atoms with Crippen molar-refractivity contribution in [1.82, 2.24) is 0 Å². The molecule has 2 atom stereocenters. The van der Waals surface area contributed by atoms with Gasteiger partial charge in [-0.2, -0.15) is 0 Å². The smallest absolute Gasteiger partial charge is 0.130 e. The molecule has 0 aliphatic carbocycles. The molecular weight excluding hydrogens is 320 g/mol. The molecule has 20 heavy (non-hydrogen) atoms. The average molecular weight is 343 g/mol. The van der Waals surface area contributed by atoms with E-state index < -0.39 is 6.10 Å². The van der Waals surface area contributed by atoms with Gasteiger partial charge in [-0.1, -0.05) is 22.0 Å². The molecule has 0 saturated carbocycles. The number of ether oxygens (including phenoxy) is 2. The highest BCUT2D eigenvalue weighted by molar-refractivity contribution is 9.10. The molecule has 1 aliphatic rings. The van der Waals surface area contributed by atoms with Crippen molar-refractivity contribution in [2.75, 3.05) is 0 Å². The zero-order valence-corrected chi connectivity index (χ0v) is 14.3. The van der Waals surface area contributed by atoms with Gasteiger partial charge in [0.05, 0.1) is 11.7 Å². The Balaban J connectivity index is 2.28. The van der Waals surface area contributed by atoms with Gasteiger partial charge in [0.15, 0.2) is 0 Å². The van der Waals surface area contributed by atoms with E-state index in [0.29, 0.717) is 5.75 Å². The summed E-state index contributed by atoms with van der Waals surface area (Å²) in [7, 11) is 0. The summed E-state index contributed by atoms with van der Waals surface area (Å²) < 4.78 is 13.2. The zero-order chi connectivity index (χ0) is 15.1. The summed E-state index contributed by atoms with van der Waals surface area (Å²) >= 11 is 3.45. The van der Waals surface area contributed by atoms with Crippen LogP contribution in [-0.2, 0) is 4.74 Å². The SMILES string of the molecule is C[C@@H](O)c1ccc(Br)cc1OC1CC(C)(C)OC1(C)C. The Kier molecular flexibility index (Phi) is 4.20. The lowest BCUT2D eigenvalue weighted by molar-refractivity contribution is -0.0848. The van der Waals surface area contributed by atoms with Crippen LogP contribution in [-0.4, -0.2) is 22.4 Å². The van der Waals surface area contributed by atoms with Gasteiger partial charge in [0.1, 0.15) is 17.5 Å². The predicted octanol–water partition coefficient (Wildman–Crippen LogP) is 4.23. The van der Waals surface area contributed by atoms with Crippen molar-refractivity contribution in [3.8, 4) is 5.75 Å². The number of hydrogen-bond acceptors (Lipinski definition) is 3. The van der Waals surface area contributed by atoms with Gasteiger partial charge in [-0.05, 0) is 46.8 Å². The lowest BCUT2D eigenvalue weighted by atomic mass is 9.97. The van der Waals surface area contributed by atoms with E-state index in [-0.39, 0.29) is 17.3 Å². The molecule has 0 radical (unpaired) electrons. The molecule has 1 unspecified atom stereocenters. The fourth-order valence-corrected chi connectivity index (χ4v) is 3.14. The Hall–Kier alpha value is -0.580. The molecule has 3 nitrogen and oxygen atoms in total. The first kappa shape index (κ1) is 15.8. The fourth-order valence-electron chi connectivity index (χ4n) is 2.80. The van der Waals surface area contributed by atoms with Gasteiger partial charge in [0.25, 0.3) is 0 Å². The van der Waals surface area contributed by atoms with Crippen molar-refractivity contribution >= 4 is 15.9 Å². The third-order valence-electron chi connectivity index (χ3n) is 3.69. The number of aliphatic hydroxyl groups is 1. The normalized spacial score (nSPS) is 25.4. The van der Waals surface area contributed by atoms with Crippen molar-refractivity contribution in [3.63, 3.8) is 0 Å². The largest absolute Gasteiger partial charge is 0.487 e.